The van der Waals surface area contributed by atoms with Gasteiger partial charge in [0.05, 0.1) is 5.52 Å². The number of benzene rings is 2. The molecule has 0 aliphatic carbocycles. The number of rotatable bonds is 4. The number of aromatic nitrogens is 2. The molecule has 3 nitrogen and oxygen atoms in total. The van der Waals surface area contributed by atoms with Crippen molar-refractivity contribution in [1.82, 2.24) is 9.97 Å². The molecule has 0 radical (unpaired) electrons. The van der Waals surface area contributed by atoms with E-state index in [-0.39, 0.29) is 17.1 Å². The predicted molar refractivity (Wildman–Crippen MR) is 88.0 cm³/mol. The smallest absolute Gasteiger partial charge is 0.297 e. The van der Waals surface area contributed by atoms with Crippen LogP contribution in [0.1, 0.15) is 17.8 Å². The van der Waals surface area contributed by atoms with Crippen molar-refractivity contribution >= 4 is 28.3 Å². The van der Waals surface area contributed by atoms with E-state index in [0.717, 1.165) is 0 Å². The Hall–Kier alpha value is -2.34. The summed E-state index contributed by atoms with van der Waals surface area (Å²) in [7, 11) is 1.65. The largest absolute Gasteiger partial charge is 0.355 e. The molecule has 0 amide bonds. The summed E-state index contributed by atoms with van der Waals surface area (Å²) in [5.74, 6) is -0.716. The first-order valence-corrected chi connectivity index (χ1v) is 7.54. The van der Waals surface area contributed by atoms with Gasteiger partial charge in [-0.15, -0.1) is 0 Å². The molecule has 0 atom stereocenters. The van der Waals surface area contributed by atoms with Gasteiger partial charge in [0.15, 0.2) is 5.82 Å². The number of alkyl halides is 2. The van der Waals surface area contributed by atoms with Gasteiger partial charge in [0.1, 0.15) is 11.6 Å². The van der Waals surface area contributed by atoms with Crippen LogP contribution in [0.15, 0.2) is 42.5 Å². The molecule has 0 N–H and O–H groups in total. The number of halogens is 4. The van der Waals surface area contributed by atoms with E-state index in [0.29, 0.717) is 16.7 Å². The highest BCUT2D eigenvalue weighted by Crippen LogP contribution is 2.29. The molecular weight excluding hydrogens is 339 g/mol. The van der Waals surface area contributed by atoms with Gasteiger partial charge in [0, 0.05) is 29.6 Å². The zero-order chi connectivity index (χ0) is 17.3. The first-order chi connectivity index (χ1) is 11.5. The van der Waals surface area contributed by atoms with E-state index < -0.39 is 18.1 Å². The van der Waals surface area contributed by atoms with Crippen LogP contribution in [0.2, 0.25) is 5.02 Å². The molecule has 0 unspecified atom stereocenters. The van der Waals surface area contributed by atoms with E-state index in [4.69, 9.17) is 11.6 Å². The second-order valence-electron chi connectivity index (χ2n) is 5.28. The molecule has 0 bridgehead atoms. The van der Waals surface area contributed by atoms with Crippen LogP contribution in [0.5, 0.6) is 0 Å². The number of para-hydroxylation sites is 1. The number of anilines is 1. The minimum Gasteiger partial charge on any atom is -0.355 e. The van der Waals surface area contributed by atoms with Crippen molar-refractivity contribution in [3.63, 3.8) is 0 Å². The number of hydrogen-bond donors (Lipinski definition) is 0. The average Bonchev–Trinajstić information content (AvgIpc) is 2.57. The van der Waals surface area contributed by atoms with E-state index in [1.807, 2.05) is 0 Å². The molecule has 0 aliphatic rings. The van der Waals surface area contributed by atoms with Gasteiger partial charge in [-0.05, 0) is 24.3 Å². The Morgan fingerprint density at radius 1 is 1.08 bits per heavy atom. The quantitative estimate of drug-likeness (QED) is 0.662. The van der Waals surface area contributed by atoms with Crippen molar-refractivity contribution in [2.75, 3.05) is 11.9 Å². The Bertz CT molecular complexity index is 866. The lowest BCUT2D eigenvalue weighted by molar-refractivity contribution is 0.141. The maximum Gasteiger partial charge on any atom is 0.297 e. The topological polar surface area (TPSA) is 29.0 Å². The highest BCUT2D eigenvalue weighted by molar-refractivity contribution is 6.31. The normalized spacial score (nSPS) is 11.2. The monoisotopic (exact) mass is 351 g/mol. The summed E-state index contributed by atoms with van der Waals surface area (Å²) in [6, 6.07) is 11.2. The molecular formula is C17H13ClF3N3. The summed E-state index contributed by atoms with van der Waals surface area (Å²) in [6.45, 7) is 0.0925. The average molecular weight is 352 g/mol. The third-order valence-corrected chi connectivity index (χ3v) is 3.97. The zero-order valence-corrected chi connectivity index (χ0v) is 13.4. The van der Waals surface area contributed by atoms with Crippen LogP contribution in [-0.2, 0) is 6.54 Å². The van der Waals surface area contributed by atoms with E-state index in [9.17, 15) is 13.2 Å². The molecule has 3 aromatic rings. The second kappa shape index (κ2) is 6.65. The minimum absolute atomic E-state index is 0.0925. The van der Waals surface area contributed by atoms with Crippen molar-refractivity contribution in [3.8, 4) is 0 Å². The Kier molecular flexibility index (Phi) is 4.57. The van der Waals surface area contributed by atoms with E-state index in [1.165, 1.54) is 12.1 Å². The summed E-state index contributed by atoms with van der Waals surface area (Å²) >= 11 is 6.04. The Morgan fingerprint density at radius 2 is 1.83 bits per heavy atom. The lowest BCUT2D eigenvalue weighted by Gasteiger charge is -2.21. The third-order valence-electron chi connectivity index (χ3n) is 3.61. The number of nitrogens with zero attached hydrogens (tertiary/aromatic N) is 3. The van der Waals surface area contributed by atoms with Gasteiger partial charge in [-0.2, -0.15) is 0 Å². The first kappa shape index (κ1) is 16.5. The molecule has 0 aliphatic heterocycles. The van der Waals surface area contributed by atoms with Gasteiger partial charge >= 0.3 is 0 Å². The first-order valence-electron chi connectivity index (χ1n) is 7.16. The van der Waals surface area contributed by atoms with Gasteiger partial charge in [-0.3, -0.25) is 0 Å². The number of fused-ring (bicyclic) bond motifs is 1. The fourth-order valence-corrected chi connectivity index (χ4v) is 2.68. The lowest BCUT2D eigenvalue weighted by atomic mass is 10.1. The molecule has 3 rings (SSSR count). The zero-order valence-electron chi connectivity index (χ0n) is 12.7. The van der Waals surface area contributed by atoms with Crippen LogP contribution >= 0.6 is 11.6 Å². The van der Waals surface area contributed by atoms with E-state index in [1.54, 1.807) is 42.3 Å². The van der Waals surface area contributed by atoms with E-state index >= 15 is 0 Å². The highest BCUT2D eigenvalue weighted by Gasteiger charge is 2.18. The second-order valence-corrected chi connectivity index (χ2v) is 5.69. The Morgan fingerprint density at radius 3 is 2.54 bits per heavy atom. The van der Waals surface area contributed by atoms with Crippen LogP contribution in [0.4, 0.5) is 19.0 Å². The summed E-state index contributed by atoms with van der Waals surface area (Å²) in [4.78, 5) is 9.41. The molecule has 1 aromatic heterocycles. The molecule has 124 valence electrons. The van der Waals surface area contributed by atoms with E-state index in [2.05, 4.69) is 9.97 Å². The van der Waals surface area contributed by atoms with Gasteiger partial charge in [-0.25, -0.2) is 23.1 Å². The summed E-state index contributed by atoms with van der Waals surface area (Å²) in [6.07, 6.45) is -2.79. The predicted octanol–water partition coefficient (Wildman–Crippen LogP) is 5.00. The van der Waals surface area contributed by atoms with Crippen LogP contribution in [0, 0.1) is 5.82 Å². The summed E-state index contributed by atoms with van der Waals surface area (Å²) in [5, 5.41) is 0.881. The van der Waals surface area contributed by atoms with Crippen molar-refractivity contribution in [1.29, 1.82) is 0 Å². The van der Waals surface area contributed by atoms with Gasteiger partial charge < -0.3 is 4.90 Å². The van der Waals surface area contributed by atoms with Gasteiger partial charge in [-0.1, -0.05) is 29.8 Å². The molecule has 0 fully saturated rings. The molecule has 2 aromatic carbocycles. The van der Waals surface area contributed by atoms with Gasteiger partial charge in [0.2, 0.25) is 0 Å². The number of hydrogen-bond acceptors (Lipinski definition) is 3. The molecule has 0 saturated carbocycles. The van der Waals surface area contributed by atoms with Crippen LogP contribution < -0.4 is 4.90 Å². The van der Waals surface area contributed by atoms with Crippen molar-refractivity contribution in [2.45, 2.75) is 13.0 Å². The third kappa shape index (κ3) is 3.14. The lowest BCUT2D eigenvalue weighted by Crippen LogP contribution is -2.20. The molecule has 24 heavy (non-hydrogen) atoms. The Labute approximate surface area is 141 Å². The minimum atomic E-state index is -2.79. The molecule has 1 heterocycles. The Balaban J connectivity index is 2.07. The van der Waals surface area contributed by atoms with Crippen molar-refractivity contribution < 1.29 is 13.2 Å². The highest BCUT2D eigenvalue weighted by atomic mass is 35.5. The van der Waals surface area contributed by atoms with Crippen LogP contribution in [0.3, 0.4) is 0 Å². The fraction of sp³-hybridized carbons (Fsp3) is 0.176. The SMILES string of the molecule is CN(Cc1c(F)cccc1Cl)c1nc(C(F)F)nc2ccccc12. The van der Waals surface area contributed by atoms with Crippen molar-refractivity contribution in [3.05, 3.63) is 64.7 Å². The summed E-state index contributed by atoms with van der Waals surface area (Å²) < 4.78 is 40.1. The standard InChI is InChI=1S/C17H13ClF3N3/c1-24(9-11-12(18)6-4-7-13(11)19)17-10-5-2-3-8-14(10)22-16(23-17)15(20)21/h2-8,15H,9H2,1H3. The van der Waals surface area contributed by atoms with Gasteiger partial charge in [0.25, 0.3) is 6.43 Å². The molecule has 0 saturated heterocycles. The van der Waals surface area contributed by atoms with Crippen LogP contribution in [0.25, 0.3) is 10.9 Å². The maximum atomic E-state index is 14.0. The molecule has 7 heteroatoms. The van der Waals surface area contributed by atoms with Crippen molar-refractivity contribution in [2.24, 2.45) is 0 Å². The summed E-state index contributed by atoms with van der Waals surface area (Å²) in [5.41, 5.74) is 0.687. The van der Waals surface area contributed by atoms with Crippen LogP contribution in [-0.4, -0.2) is 17.0 Å². The molecule has 0 spiro atoms. The maximum absolute atomic E-state index is 14.0. The fourth-order valence-electron chi connectivity index (χ4n) is 2.46.